The van der Waals surface area contributed by atoms with Gasteiger partial charge in [0, 0.05) is 11.3 Å². The van der Waals surface area contributed by atoms with E-state index in [1.54, 1.807) is 12.1 Å². The van der Waals surface area contributed by atoms with Crippen LogP contribution in [0.15, 0.2) is 59.8 Å². The Kier molecular flexibility index (Phi) is 4.47. The number of benzene rings is 2. The van der Waals surface area contributed by atoms with Gasteiger partial charge in [-0.15, -0.1) is 0 Å². The van der Waals surface area contributed by atoms with E-state index in [2.05, 4.69) is 16.0 Å². The van der Waals surface area contributed by atoms with Crippen LogP contribution in [0, 0.1) is 11.6 Å². The van der Waals surface area contributed by atoms with Crippen molar-refractivity contribution >= 4 is 17.6 Å². The zero-order chi connectivity index (χ0) is 18.0. The third kappa shape index (κ3) is 3.35. The van der Waals surface area contributed by atoms with Gasteiger partial charge in [-0.1, -0.05) is 30.3 Å². The van der Waals surface area contributed by atoms with Crippen molar-refractivity contribution in [1.29, 1.82) is 0 Å². The van der Waals surface area contributed by atoms with Crippen molar-refractivity contribution in [1.82, 2.24) is 10.6 Å². The number of carbonyl (C=O) groups is 2. The molecule has 25 heavy (non-hydrogen) atoms. The fourth-order valence-electron chi connectivity index (χ4n) is 2.69. The van der Waals surface area contributed by atoms with Gasteiger partial charge in [-0.05, 0) is 25.1 Å². The van der Waals surface area contributed by atoms with E-state index < -0.39 is 29.6 Å². The first kappa shape index (κ1) is 16.6. The lowest BCUT2D eigenvalue weighted by atomic mass is 9.94. The van der Waals surface area contributed by atoms with Gasteiger partial charge in [0.25, 0.3) is 5.91 Å². The van der Waals surface area contributed by atoms with Crippen LogP contribution in [0.1, 0.15) is 18.5 Å². The van der Waals surface area contributed by atoms with E-state index in [0.717, 1.165) is 0 Å². The molecule has 1 atom stereocenters. The van der Waals surface area contributed by atoms with Crippen LogP contribution < -0.4 is 16.0 Å². The second kappa shape index (κ2) is 6.72. The zero-order valence-electron chi connectivity index (χ0n) is 13.3. The summed E-state index contributed by atoms with van der Waals surface area (Å²) < 4.78 is 28.0. The normalized spacial score (nSPS) is 16.9. The van der Waals surface area contributed by atoms with Gasteiger partial charge in [0.1, 0.15) is 11.6 Å². The molecule has 1 aliphatic heterocycles. The van der Waals surface area contributed by atoms with Crippen LogP contribution in [0.3, 0.4) is 0 Å². The fourth-order valence-corrected chi connectivity index (χ4v) is 2.69. The average molecular weight is 343 g/mol. The number of amides is 3. The second-order valence-electron chi connectivity index (χ2n) is 5.53. The molecule has 0 radical (unpaired) electrons. The van der Waals surface area contributed by atoms with E-state index in [9.17, 15) is 18.4 Å². The predicted molar refractivity (Wildman–Crippen MR) is 88.5 cm³/mol. The Labute approximate surface area is 142 Å². The molecule has 2 aromatic rings. The van der Waals surface area contributed by atoms with Gasteiger partial charge in [0.2, 0.25) is 0 Å². The third-order valence-corrected chi connectivity index (χ3v) is 3.85. The Bertz CT molecular complexity index is 880. The molecule has 0 fully saturated rings. The summed E-state index contributed by atoms with van der Waals surface area (Å²) >= 11 is 0. The summed E-state index contributed by atoms with van der Waals surface area (Å²) in [4.78, 5) is 24.5. The molecular formula is C18H15F2N3O2. The highest BCUT2D eigenvalue weighted by Crippen LogP contribution is 2.29. The molecule has 1 aliphatic rings. The monoisotopic (exact) mass is 343 g/mol. The van der Waals surface area contributed by atoms with Crippen LogP contribution in [0.2, 0.25) is 0 Å². The summed E-state index contributed by atoms with van der Waals surface area (Å²) in [5.74, 6) is -1.79. The lowest BCUT2D eigenvalue weighted by Crippen LogP contribution is -2.46. The molecule has 7 heteroatoms. The van der Waals surface area contributed by atoms with Gasteiger partial charge in [0.15, 0.2) is 0 Å². The number of para-hydroxylation sites is 1. The number of allylic oxidation sites excluding steroid dienone is 1. The SMILES string of the molecule is CC1=C(C(=O)Nc2ccccc2F)C(c2ccccc2F)NC(=O)N1. The Morgan fingerprint density at radius 3 is 2.36 bits per heavy atom. The second-order valence-corrected chi connectivity index (χ2v) is 5.53. The van der Waals surface area contributed by atoms with Crippen LogP contribution in [0.5, 0.6) is 0 Å². The Morgan fingerprint density at radius 1 is 1.04 bits per heavy atom. The topological polar surface area (TPSA) is 70.2 Å². The number of hydrogen-bond acceptors (Lipinski definition) is 2. The summed E-state index contributed by atoms with van der Waals surface area (Å²) in [7, 11) is 0. The Hall–Kier alpha value is -3.22. The minimum atomic E-state index is -0.985. The van der Waals surface area contributed by atoms with Crippen LogP contribution >= 0.6 is 0 Å². The highest BCUT2D eigenvalue weighted by atomic mass is 19.1. The van der Waals surface area contributed by atoms with Crippen LogP contribution in [-0.2, 0) is 4.79 Å². The molecule has 5 nitrogen and oxygen atoms in total. The van der Waals surface area contributed by atoms with Crippen molar-refractivity contribution < 1.29 is 18.4 Å². The molecule has 3 rings (SSSR count). The highest BCUT2D eigenvalue weighted by molar-refractivity contribution is 6.06. The maximum absolute atomic E-state index is 14.2. The first-order valence-corrected chi connectivity index (χ1v) is 7.56. The number of anilines is 1. The number of nitrogens with one attached hydrogen (secondary N) is 3. The molecule has 0 aliphatic carbocycles. The van der Waals surface area contributed by atoms with Gasteiger partial charge < -0.3 is 16.0 Å². The van der Waals surface area contributed by atoms with Crippen molar-refractivity contribution in [3.63, 3.8) is 0 Å². The van der Waals surface area contributed by atoms with Crippen LogP contribution in [0.25, 0.3) is 0 Å². The van der Waals surface area contributed by atoms with Crippen molar-refractivity contribution in [3.05, 3.63) is 77.0 Å². The first-order valence-electron chi connectivity index (χ1n) is 7.56. The minimum Gasteiger partial charge on any atom is -0.327 e. The third-order valence-electron chi connectivity index (χ3n) is 3.85. The largest absolute Gasteiger partial charge is 0.327 e. The maximum atomic E-state index is 14.2. The molecule has 0 aromatic heterocycles. The zero-order valence-corrected chi connectivity index (χ0v) is 13.3. The summed E-state index contributed by atoms with van der Waals surface area (Å²) in [5.41, 5.74) is 0.520. The number of urea groups is 1. The molecule has 0 saturated carbocycles. The number of halogens is 2. The average Bonchev–Trinajstić information content (AvgIpc) is 2.56. The standard InChI is InChI=1S/C18H15F2N3O2/c1-10-15(17(24)22-14-9-5-4-8-13(14)20)16(23-18(25)21-10)11-6-2-3-7-12(11)19/h2-9,16H,1H3,(H,22,24)(H2,21,23,25). The first-order chi connectivity index (χ1) is 12.0. The maximum Gasteiger partial charge on any atom is 0.319 e. The molecule has 0 spiro atoms. The number of carbonyl (C=O) groups excluding carboxylic acids is 2. The van der Waals surface area contributed by atoms with E-state index in [-0.39, 0.29) is 22.5 Å². The van der Waals surface area contributed by atoms with Gasteiger partial charge in [-0.2, -0.15) is 0 Å². The van der Waals surface area contributed by atoms with E-state index in [1.807, 2.05) is 0 Å². The van der Waals surface area contributed by atoms with Crippen molar-refractivity contribution in [2.75, 3.05) is 5.32 Å². The Morgan fingerprint density at radius 2 is 1.68 bits per heavy atom. The van der Waals surface area contributed by atoms with Crippen LogP contribution in [-0.4, -0.2) is 11.9 Å². The summed E-state index contributed by atoms with van der Waals surface area (Å²) in [5, 5.41) is 7.47. The van der Waals surface area contributed by atoms with Gasteiger partial charge in [-0.3, -0.25) is 4.79 Å². The van der Waals surface area contributed by atoms with Gasteiger partial charge in [0.05, 0.1) is 17.3 Å². The number of rotatable bonds is 3. The molecule has 1 unspecified atom stereocenters. The summed E-state index contributed by atoms with van der Waals surface area (Å²) in [6, 6.07) is 10.0. The molecule has 3 N–H and O–H groups in total. The van der Waals surface area contributed by atoms with Gasteiger partial charge >= 0.3 is 6.03 Å². The Balaban J connectivity index is 1.99. The van der Waals surface area contributed by atoms with Crippen molar-refractivity contribution in [3.8, 4) is 0 Å². The summed E-state index contributed by atoms with van der Waals surface area (Å²) in [6.45, 7) is 1.53. The fraction of sp³-hybridized carbons (Fsp3) is 0.111. The van der Waals surface area contributed by atoms with E-state index in [0.29, 0.717) is 0 Å². The lowest BCUT2D eigenvalue weighted by Gasteiger charge is -2.28. The smallest absolute Gasteiger partial charge is 0.319 e. The van der Waals surface area contributed by atoms with Crippen LogP contribution in [0.4, 0.5) is 19.3 Å². The minimum absolute atomic E-state index is 0.00279. The number of hydrogen-bond donors (Lipinski definition) is 3. The van der Waals surface area contributed by atoms with Crippen molar-refractivity contribution in [2.24, 2.45) is 0 Å². The molecule has 0 bridgehead atoms. The van der Waals surface area contributed by atoms with Crippen molar-refractivity contribution in [2.45, 2.75) is 13.0 Å². The quantitative estimate of drug-likeness (QED) is 0.801. The van der Waals surface area contributed by atoms with E-state index >= 15 is 0 Å². The lowest BCUT2D eigenvalue weighted by molar-refractivity contribution is -0.113. The predicted octanol–water partition coefficient (Wildman–Crippen LogP) is 3.23. The highest BCUT2D eigenvalue weighted by Gasteiger charge is 2.32. The molecule has 0 saturated heterocycles. The molecule has 1 heterocycles. The molecular weight excluding hydrogens is 328 g/mol. The van der Waals surface area contributed by atoms with E-state index in [1.165, 1.54) is 43.3 Å². The summed E-state index contributed by atoms with van der Waals surface area (Å²) in [6.07, 6.45) is 0. The molecule has 128 valence electrons. The van der Waals surface area contributed by atoms with Gasteiger partial charge in [-0.25, -0.2) is 13.6 Å². The van der Waals surface area contributed by atoms with E-state index in [4.69, 9.17) is 0 Å². The molecule has 2 aromatic carbocycles. The molecule has 3 amide bonds.